The first-order chi connectivity index (χ1) is 13.2. The van der Waals surface area contributed by atoms with Gasteiger partial charge in [-0.05, 0) is 48.9 Å². The molecular formula is C19H20N4O5. The van der Waals surface area contributed by atoms with Crippen LogP contribution in [0.1, 0.15) is 22.8 Å². The number of carbonyl (C=O) groups excluding carboxylic acids is 2. The Morgan fingerprint density at radius 2 is 1.68 bits per heavy atom. The molecule has 9 heteroatoms. The lowest BCUT2D eigenvalue weighted by Gasteiger charge is -2.09. The Morgan fingerprint density at radius 3 is 2.21 bits per heavy atom. The first-order valence-corrected chi connectivity index (χ1v) is 8.27. The Balaban J connectivity index is 1.94. The fraction of sp³-hybridized carbons (Fsp3) is 0.158. The molecule has 0 bridgehead atoms. The summed E-state index contributed by atoms with van der Waals surface area (Å²) in [5.41, 5.74) is 12.1. The Kier molecular flexibility index (Phi) is 6.69. The van der Waals surface area contributed by atoms with Crippen LogP contribution in [0.15, 0.2) is 53.5 Å². The minimum Gasteiger partial charge on any atom is -0.480 e. The second-order valence-electron chi connectivity index (χ2n) is 5.92. The van der Waals surface area contributed by atoms with Crippen molar-refractivity contribution in [3.05, 3.63) is 59.7 Å². The highest BCUT2D eigenvalue weighted by Crippen LogP contribution is 2.17. The summed E-state index contributed by atoms with van der Waals surface area (Å²) in [6.07, 6.45) is 0.0120. The summed E-state index contributed by atoms with van der Waals surface area (Å²) in [6, 6.07) is 11.6. The fourth-order valence-corrected chi connectivity index (χ4v) is 2.20. The second-order valence-corrected chi connectivity index (χ2v) is 5.92. The van der Waals surface area contributed by atoms with Crippen LogP contribution in [0, 0.1) is 0 Å². The largest absolute Gasteiger partial charge is 0.480 e. The molecule has 0 aromatic heterocycles. The van der Waals surface area contributed by atoms with Gasteiger partial charge in [0.1, 0.15) is 11.8 Å². The van der Waals surface area contributed by atoms with Crippen molar-refractivity contribution in [2.24, 2.45) is 16.5 Å². The average Bonchev–Trinajstić information content (AvgIpc) is 2.63. The molecule has 0 saturated heterocycles. The van der Waals surface area contributed by atoms with Crippen molar-refractivity contribution in [1.29, 1.82) is 0 Å². The van der Waals surface area contributed by atoms with Crippen LogP contribution in [-0.4, -0.2) is 35.0 Å². The molecule has 0 unspecified atom stereocenters. The van der Waals surface area contributed by atoms with Gasteiger partial charge in [0.15, 0.2) is 5.96 Å². The summed E-state index contributed by atoms with van der Waals surface area (Å²) in [4.78, 5) is 38.5. The molecule has 0 aliphatic carbocycles. The fourth-order valence-electron chi connectivity index (χ4n) is 2.20. The molecule has 2 rings (SSSR count). The van der Waals surface area contributed by atoms with Crippen LogP contribution >= 0.6 is 0 Å². The number of amides is 1. The predicted octanol–water partition coefficient (Wildman–Crippen LogP) is 0.942. The number of nitrogens with one attached hydrogen (secondary N) is 1. The first-order valence-electron chi connectivity index (χ1n) is 8.27. The zero-order valence-electron chi connectivity index (χ0n) is 15.1. The molecule has 2 aromatic rings. The number of aliphatic imine (C=N–C) groups is 1. The number of carboxylic acids is 1. The van der Waals surface area contributed by atoms with Crippen LogP contribution in [0.3, 0.4) is 0 Å². The molecule has 0 radical (unpaired) electrons. The van der Waals surface area contributed by atoms with Crippen molar-refractivity contribution in [3.8, 4) is 5.75 Å². The van der Waals surface area contributed by atoms with Gasteiger partial charge in [-0.1, -0.05) is 12.1 Å². The third-order valence-electron chi connectivity index (χ3n) is 3.61. The molecule has 1 atom stereocenters. The molecule has 0 saturated carbocycles. The molecule has 2 aromatic carbocycles. The van der Waals surface area contributed by atoms with Crippen molar-refractivity contribution in [1.82, 2.24) is 5.32 Å². The first kappa shape index (κ1) is 20.4. The van der Waals surface area contributed by atoms with Gasteiger partial charge in [0, 0.05) is 0 Å². The number of ether oxygens (including phenoxy) is 1. The molecular weight excluding hydrogens is 364 g/mol. The highest BCUT2D eigenvalue weighted by molar-refractivity contribution is 5.91. The lowest BCUT2D eigenvalue weighted by atomic mass is 10.1. The number of hydrogen-bond donors (Lipinski definition) is 4. The molecule has 0 heterocycles. The summed E-state index contributed by atoms with van der Waals surface area (Å²) >= 11 is 0. The van der Waals surface area contributed by atoms with E-state index in [2.05, 4.69) is 10.3 Å². The third-order valence-corrected chi connectivity index (χ3v) is 3.61. The number of rotatable bonds is 7. The van der Waals surface area contributed by atoms with E-state index in [-0.39, 0.29) is 12.4 Å². The predicted molar refractivity (Wildman–Crippen MR) is 102 cm³/mol. The molecule has 1 amide bonds. The number of aliphatic carboxylic acids is 1. The summed E-state index contributed by atoms with van der Waals surface area (Å²) < 4.78 is 5.27. The van der Waals surface area contributed by atoms with Gasteiger partial charge in [0.2, 0.25) is 5.91 Å². The molecule has 9 nitrogen and oxygen atoms in total. The zero-order chi connectivity index (χ0) is 20.7. The van der Waals surface area contributed by atoms with Crippen LogP contribution in [0.2, 0.25) is 0 Å². The summed E-state index contributed by atoms with van der Waals surface area (Å²) in [6.45, 7) is 1.38. The van der Waals surface area contributed by atoms with E-state index in [0.29, 0.717) is 22.6 Å². The van der Waals surface area contributed by atoms with E-state index in [1.807, 2.05) is 0 Å². The van der Waals surface area contributed by atoms with Gasteiger partial charge in [-0.25, -0.2) is 9.79 Å². The van der Waals surface area contributed by atoms with Crippen LogP contribution in [0.4, 0.5) is 5.69 Å². The number of carbonyl (C=O) groups is 3. The maximum absolute atomic E-state index is 12.2. The topological polar surface area (TPSA) is 157 Å². The smallest absolute Gasteiger partial charge is 0.343 e. The van der Waals surface area contributed by atoms with Crippen molar-refractivity contribution < 1.29 is 24.2 Å². The third kappa shape index (κ3) is 6.13. The summed E-state index contributed by atoms with van der Waals surface area (Å²) in [5, 5.41) is 11.1. The van der Waals surface area contributed by atoms with Crippen LogP contribution in [-0.2, 0) is 16.0 Å². The highest BCUT2D eigenvalue weighted by Gasteiger charge is 2.14. The van der Waals surface area contributed by atoms with Crippen LogP contribution in [0.5, 0.6) is 5.75 Å². The van der Waals surface area contributed by atoms with Gasteiger partial charge >= 0.3 is 11.9 Å². The van der Waals surface area contributed by atoms with Crippen molar-refractivity contribution >= 4 is 29.5 Å². The minimum absolute atomic E-state index is 0.0120. The SMILES string of the molecule is C[C@H](NC(=O)Cc1ccc(OC(=O)c2ccc(N=C(N)N)cc2)cc1)C(=O)O. The number of carboxylic acid groups (broad SMARTS) is 1. The van der Waals surface area contributed by atoms with E-state index >= 15 is 0 Å². The Bertz CT molecular complexity index is 888. The number of nitrogens with two attached hydrogens (primary N) is 2. The normalized spacial score (nSPS) is 11.2. The van der Waals surface area contributed by atoms with Gasteiger partial charge in [0.25, 0.3) is 0 Å². The summed E-state index contributed by atoms with van der Waals surface area (Å²) in [5.74, 6) is -1.86. The van der Waals surface area contributed by atoms with Gasteiger partial charge in [-0.2, -0.15) is 0 Å². The maximum atomic E-state index is 12.2. The molecule has 0 aliphatic rings. The van der Waals surface area contributed by atoms with E-state index in [1.165, 1.54) is 19.1 Å². The zero-order valence-corrected chi connectivity index (χ0v) is 15.1. The van der Waals surface area contributed by atoms with Gasteiger partial charge < -0.3 is 26.6 Å². The Morgan fingerprint density at radius 1 is 1.07 bits per heavy atom. The monoisotopic (exact) mass is 384 g/mol. The van der Waals surface area contributed by atoms with Crippen molar-refractivity contribution in [2.45, 2.75) is 19.4 Å². The minimum atomic E-state index is -1.11. The quantitative estimate of drug-likeness (QED) is 0.239. The molecule has 6 N–H and O–H groups in total. The van der Waals surface area contributed by atoms with Gasteiger partial charge in [-0.15, -0.1) is 0 Å². The molecule has 0 aliphatic heterocycles. The van der Waals surface area contributed by atoms with E-state index < -0.39 is 23.9 Å². The van der Waals surface area contributed by atoms with Gasteiger partial charge in [0.05, 0.1) is 17.7 Å². The molecule has 0 spiro atoms. The van der Waals surface area contributed by atoms with Crippen molar-refractivity contribution in [3.63, 3.8) is 0 Å². The van der Waals surface area contributed by atoms with E-state index in [4.69, 9.17) is 21.3 Å². The number of guanidine groups is 1. The van der Waals surface area contributed by atoms with E-state index in [0.717, 1.165) is 0 Å². The lowest BCUT2D eigenvalue weighted by Crippen LogP contribution is -2.39. The summed E-state index contributed by atoms with van der Waals surface area (Å²) in [7, 11) is 0. The molecule has 0 fully saturated rings. The number of esters is 1. The van der Waals surface area contributed by atoms with Crippen molar-refractivity contribution in [2.75, 3.05) is 0 Å². The standard InChI is InChI=1S/C19H20N4O5/c1-11(17(25)26)22-16(24)10-12-2-8-15(9-3-12)28-18(27)13-4-6-14(7-5-13)23-19(20)21/h2-9,11H,10H2,1H3,(H,22,24)(H,25,26)(H4,20,21,23)/t11-/m0/s1. The second kappa shape index (κ2) is 9.17. The van der Waals surface area contributed by atoms with Crippen LogP contribution in [0.25, 0.3) is 0 Å². The number of benzene rings is 2. The van der Waals surface area contributed by atoms with Gasteiger partial charge in [-0.3, -0.25) is 9.59 Å². The lowest BCUT2D eigenvalue weighted by molar-refractivity contribution is -0.141. The van der Waals surface area contributed by atoms with Crippen LogP contribution < -0.4 is 21.5 Å². The number of nitrogens with zero attached hydrogens (tertiary/aromatic N) is 1. The average molecular weight is 384 g/mol. The molecule has 28 heavy (non-hydrogen) atoms. The maximum Gasteiger partial charge on any atom is 0.343 e. The number of hydrogen-bond acceptors (Lipinski definition) is 5. The van der Waals surface area contributed by atoms with E-state index in [1.54, 1.807) is 36.4 Å². The highest BCUT2D eigenvalue weighted by atomic mass is 16.5. The van der Waals surface area contributed by atoms with E-state index in [9.17, 15) is 14.4 Å². The Hall–Kier alpha value is -3.88. The Labute approximate surface area is 161 Å². The molecule has 146 valence electrons.